The van der Waals surface area contributed by atoms with Crippen LogP contribution in [-0.2, 0) is 6.42 Å². The zero-order valence-corrected chi connectivity index (χ0v) is 13.2. The van der Waals surface area contributed by atoms with Crippen LogP contribution in [0.2, 0.25) is 0 Å². The van der Waals surface area contributed by atoms with Gasteiger partial charge in [0, 0.05) is 6.04 Å². The fraction of sp³-hybridized carbons (Fsp3) is 0.667. The summed E-state index contributed by atoms with van der Waals surface area (Å²) in [6, 6.07) is 9.13. The lowest BCUT2D eigenvalue weighted by Gasteiger charge is -2.36. The Morgan fingerprint density at radius 2 is 2.05 bits per heavy atom. The first kappa shape index (κ1) is 15.4. The molecule has 1 fully saturated rings. The van der Waals surface area contributed by atoms with Crippen molar-refractivity contribution in [2.24, 2.45) is 11.8 Å². The van der Waals surface area contributed by atoms with Crippen molar-refractivity contribution in [3.8, 4) is 5.75 Å². The lowest BCUT2D eigenvalue weighted by Crippen LogP contribution is -2.39. The lowest BCUT2D eigenvalue weighted by molar-refractivity contribution is 0.199. The van der Waals surface area contributed by atoms with Crippen LogP contribution in [0.4, 0.5) is 0 Å². The number of methoxy groups -OCH3 is 1. The van der Waals surface area contributed by atoms with Crippen molar-refractivity contribution >= 4 is 0 Å². The number of hydrogen-bond donors (Lipinski definition) is 1. The van der Waals surface area contributed by atoms with Gasteiger partial charge in [-0.2, -0.15) is 0 Å². The van der Waals surface area contributed by atoms with Gasteiger partial charge in [0.2, 0.25) is 0 Å². The van der Waals surface area contributed by atoms with E-state index in [4.69, 9.17) is 4.74 Å². The molecular weight excluding hydrogens is 246 g/mol. The average molecular weight is 275 g/mol. The van der Waals surface area contributed by atoms with Gasteiger partial charge in [-0.25, -0.2) is 0 Å². The summed E-state index contributed by atoms with van der Waals surface area (Å²) in [5.74, 6) is 2.70. The predicted octanol–water partition coefficient (Wildman–Crippen LogP) is 4.04. The Balaban J connectivity index is 2.07. The van der Waals surface area contributed by atoms with E-state index in [0.29, 0.717) is 6.04 Å². The fourth-order valence-corrected chi connectivity index (χ4v) is 3.79. The molecule has 2 heteroatoms. The van der Waals surface area contributed by atoms with Crippen LogP contribution in [-0.4, -0.2) is 20.2 Å². The maximum atomic E-state index is 5.51. The normalized spacial score (nSPS) is 26.4. The molecule has 1 aromatic carbocycles. The molecule has 3 atom stereocenters. The van der Waals surface area contributed by atoms with Gasteiger partial charge in [0.1, 0.15) is 5.75 Å². The van der Waals surface area contributed by atoms with E-state index in [0.717, 1.165) is 24.0 Å². The van der Waals surface area contributed by atoms with E-state index >= 15 is 0 Å². The summed E-state index contributed by atoms with van der Waals surface area (Å²) in [7, 11) is 3.88. The van der Waals surface area contributed by atoms with Crippen LogP contribution < -0.4 is 10.1 Å². The molecule has 2 rings (SSSR count). The third-order valence-electron chi connectivity index (χ3n) is 4.83. The summed E-state index contributed by atoms with van der Waals surface area (Å²) in [6.07, 6.45) is 7.91. The monoisotopic (exact) mass is 275 g/mol. The highest BCUT2D eigenvalue weighted by Gasteiger charge is 2.29. The molecule has 0 bridgehead atoms. The Morgan fingerprint density at radius 1 is 1.25 bits per heavy atom. The van der Waals surface area contributed by atoms with Gasteiger partial charge in [0.15, 0.2) is 0 Å². The maximum absolute atomic E-state index is 5.51. The van der Waals surface area contributed by atoms with Gasteiger partial charge in [-0.15, -0.1) is 0 Å². The molecular formula is C18H29NO. The van der Waals surface area contributed by atoms with Gasteiger partial charge >= 0.3 is 0 Å². The van der Waals surface area contributed by atoms with Gasteiger partial charge in [0.25, 0.3) is 0 Å². The molecule has 0 heterocycles. The van der Waals surface area contributed by atoms with Gasteiger partial charge < -0.3 is 10.1 Å². The zero-order chi connectivity index (χ0) is 14.4. The van der Waals surface area contributed by atoms with E-state index in [-0.39, 0.29) is 0 Å². The third-order valence-corrected chi connectivity index (χ3v) is 4.83. The first-order valence-electron chi connectivity index (χ1n) is 8.07. The minimum Gasteiger partial charge on any atom is -0.496 e. The van der Waals surface area contributed by atoms with Crippen molar-refractivity contribution < 1.29 is 4.74 Å². The Bertz CT molecular complexity index is 404. The topological polar surface area (TPSA) is 21.3 Å². The number of hydrogen-bond acceptors (Lipinski definition) is 2. The fourth-order valence-electron chi connectivity index (χ4n) is 3.79. The summed E-state index contributed by atoms with van der Waals surface area (Å²) in [5.41, 5.74) is 1.36. The average Bonchev–Trinajstić information content (AvgIpc) is 2.48. The molecule has 0 radical (unpaired) electrons. The summed E-state index contributed by atoms with van der Waals surface area (Å²) < 4.78 is 5.51. The Morgan fingerprint density at radius 3 is 2.75 bits per heavy atom. The molecule has 112 valence electrons. The number of rotatable bonds is 6. The maximum Gasteiger partial charge on any atom is 0.122 e. The third kappa shape index (κ3) is 3.76. The largest absolute Gasteiger partial charge is 0.496 e. The van der Waals surface area contributed by atoms with E-state index in [1.54, 1.807) is 7.11 Å². The molecule has 3 unspecified atom stereocenters. The van der Waals surface area contributed by atoms with E-state index in [9.17, 15) is 0 Å². The van der Waals surface area contributed by atoms with Crippen LogP contribution in [0.1, 0.15) is 44.6 Å². The molecule has 0 spiro atoms. The molecule has 0 amide bonds. The zero-order valence-electron chi connectivity index (χ0n) is 13.2. The lowest BCUT2D eigenvalue weighted by atomic mass is 9.74. The molecule has 0 aliphatic heterocycles. The van der Waals surface area contributed by atoms with Crippen molar-refractivity contribution in [3.63, 3.8) is 0 Å². The standard InChI is InChI=1S/C18H29NO/c1-4-7-14-10-11-17(19-2)16(12-14)13-15-8-5-6-9-18(15)20-3/h5-6,8-9,14,16-17,19H,4,7,10-13H2,1-3H3. The second kappa shape index (κ2) is 7.68. The minimum atomic E-state index is 0.660. The van der Waals surface area contributed by atoms with E-state index in [2.05, 4.69) is 43.6 Å². The quantitative estimate of drug-likeness (QED) is 0.846. The summed E-state index contributed by atoms with van der Waals surface area (Å²) in [6.45, 7) is 2.30. The number of nitrogens with one attached hydrogen (secondary N) is 1. The highest BCUT2D eigenvalue weighted by atomic mass is 16.5. The summed E-state index contributed by atoms with van der Waals surface area (Å²) in [4.78, 5) is 0. The Kier molecular flexibility index (Phi) is 5.90. The van der Waals surface area contributed by atoms with E-state index < -0.39 is 0 Å². The van der Waals surface area contributed by atoms with Crippen LogP contribution >= 0.6 is 0 Å². The molecule has 0 aromatic heterocycles. The summed E-state index contributed by atoms with van der Waals surface area (Å²) >= 11 is 0. The molecule has 1 aromatic rings. The summed E-state index contributed by atoms with van der Waals surface area (Å²) in [5, 5.41) is 3.53. The van der Waals surface area contributed by atoms with Gasteiger partial charge in [-0.3, -0.25) is 0 Å². The van der Waals surface area contributed by atoms with Crippen LogP contribution in [0.5, 0.6) is 5.75 Å². The second-order valence-electron chi connectivity index (χ2n) is 6.14. The molecule has 0 saturated heterocycles. The Hall–Kier alpha value is -1.02. The van der Waals surface area contributed by atoms with E-state index in [1.165, 1.54) is 37.7 Å². The number of ether oxygens (including phenoxy) is 1. The van der Waals surface area contributed by atoms with Crippen molar-refractivity contribution in [3.05, 3.63) is 29.8 Å². The van der Waals surface area contributed by atoms with Crippen molar-refractivity contribution in [2.75, 3.05) is 14.2 Å². The second-order valence-corrected chi connectivity index (χ2v) is 6.14. The van der Waals surface area contributed by atoms with E-state index in [1.807, 2.05) is 0 Å². The smallest absolute Gasteiger partial charge is 0.122 e. The molecule has 2 nitrogen and oxygen atoms in total. The number of para-hydroxylation sites is 1. The van der Waals surface area contributed by atoms with Crippen LogP contribution in [0.25, 0.3) is 0 Å². The van der Waals surface area contributed by atoms with Gasteiger partial charge in [-0.1, -0.05) is 38.0 Å². The van der Waals surface area contributed by atoms with Crippen molar-refractivity contribution in [2.45, 2.75) is 51.5 Å². The van der Waals surface area contributed by atoms with Gasteiger partial charge in [0.05, 0.1) is 7.11 Å². The van der Waals surface area contributed by atoms with Gasteiger partial charge in [-0.05, 0) is 56.2 Å². The van der Waals surface area contributed by atoms with Crippen molar-refractivity contribution in [1.29, 1.82) is 0 Å². The van der Waals surface area contributed by atoms with Crippen LogP contribution in [0.15, 0.2) is 24.3 Å². The minimum absolute atomic E-state index is 0.660. The molecule has 1 N–H and O–H groups in total. The highest BCUT2D eigenvalue weighted by Crippen LogP contribution is 2.35. The van der Waals surface area contributed by atoms with Crippen molar-refractivity contribution in [1.82, 2.24) is 5.32 Å². The first-order valence-corrected chi connectivity index (χ1v) is 8.07. The van der Waals surface area contributed by atoms with Crippen LogP contribution in [0.3, 0.4) is 0 Å². The first-order chi connectivity index (χ1) is 9.78. The molecule has 1 aliphatic carbocycles. The highest BCUT2D eigenvalue weighted by molar-refractivity contribution is 5.33. The SMILES string of the molecule is CCCC1CCC(NC)C(Cc2ccccc2OC)C1. The molecule has 20 heavy (non-hydrogen) atoms. The molecule has 1 aliphatic rings. The molecule has 1 saturated carbocycles. The van der Waals surface area contributed by atoms with Crippen LogP contribution in [0, 0.1) is 11.8 Å². The predicted molar refractivity (Wildman–Crippen MR) is 85.3 cm³/mol. The number of benzene rings is 1. The Labute approximate surface area is 123 Å².